The van der Waals surface area contributed by atoms with Crippen LogP contribution in [0.3, 0.4) is 0 Å². The number of carbonyl (C=O) groups excluding carboxylic acids is 1. The fourth-order valence-electron chi connectivity index (χ4n) is 1.43. The zero-order valence-corrected chi connectivity index (χ0v) is 9.55. The third-order valence-corrected chi connectivity index (χ3v) is 2.31. The number of nitrogens with zero attached hydrogens (tertiary/aromatic N) is 1. The molecule has 0 aliphatic carbocycles. The second-order valence-corrected chi connectivity index (χ2v) is 3.69. The zero-order valence-electron chi connectivity index (χ0n) is 9.55. The second-order valence-electron chi connectivity index (χ2n) is 3.69. The first-order valence-corrected chi connectivity index (χ1v) is 5.18. The number of hydrogen-bond acceptors (Lipinski definition) is 2. The van der Waals surface area contributed by atoms with Gasteiger partial charge in [0.15, 0.2) is 0 Å². The van der Waals surface area contributed by atoms with Crippen LogP contribution >= 0.6 is 0 Å². The van der Waals surface area contributed by atoms with Gasteiger partial charge in [0.1, 0.15) is 0 Å². The molecule has 0 saturated carbocycles. The van der Waals surface area contributed by atoms with Crippen LogP contribution in [0.4, 0.5) is 0 Å². The zero-order chi connectivity index (χ0) is 11.0. The Morgan fingerprint density at radius 3 is 2.57 bits per heavy atom. The second kappa shape index (κ2) is 7.56. The summed E-state index contributed by atoms with van der Waals surface area (Å²) in [5.41, 5.74) is 0. The monoisotopic (exact) mass is 198 g/mol. The average Bonchev–Trinajstić information content (AvgIpc) is 2.16. The summed E-state index contributed by atoms with van der Waals surface area (Å²) in [6.45, 7) is 6.32. The van der Waals surface area contributed by atoms with Crippen LogP contribution in [-0.2, 0) is 4.79 Å². The molecule has 3 nitrogen and oxygen atoms in total. The van der Waals surface area contributed by atoms with Crippen molar-refractivity contribution in [1.82, 2.24) is 10.2 Å². The molecule has 0 aliphatic heterocycles. The van der Waals surface area contributed by atoms with E-state index in [0.717, 1.165) is 13.0 Å². The first-order valence-electron chi connectivity index (χ1n) is 5.18. The lowest BCUT2D eigenvalue weighted by molar-refractivity contribution is -0.116. The fourth-order valence-corrected chi connectivity index (χ4v) is 1.43. The van der Waals surface area contributed by atoms with Crippen molar-refractivity contribution in [3.05, 3.63) is 12.7 Å². The van der Waals surface area contributed by atoms with Gasteiger partial charge in [0.05, 0.1) is 0 Å². The van der Waals surface area contributed by atoms with E-state index >= 15 is 0 Å². The van der Waals surface area contributed by atoms with E-state index in [1.54, 1.807) is 0 Å². The van der Waals surface area contributed by atoms with E-state index in [1.165, 1.54) is 18.9 Å². The third-order valence-electron chi connectivity index (χ3n) is 2.31. The Labute approximate surface area is 87.2 Å². The van der Waals surface area contributed by atoms with Gasteiger partial charge < -0.3 is 10.2 Å². The maximum atomic E-state index is 10.9. The van der Waals surface area contributed by atoms with Crippen LogP contribution in [0.25, 0.3) is 0 Å². The predicted octanol–water partition coefficient (Wildman–Crippen LogP) is 1.41. The molecule has 1 atom stereocenters. The standard InChI is InChI=1S/C11H22N2O/c1-5-7-10(13(3)4)8-9-12-11(14)6-2/h6,10H,2,5,7-9H2,1,3-4H3,(H,12,14). The molecular formula is C11H22N2O. The van der Waals surface area contributed by atoms with Crippen molar-refractivity contribution in [3.8, 4) is 0 Å². The van der Waals surface area contributed by atoms with Gasteiger partial charge in [-0.3, -0.25) is 4.79 Å². The van der Waals surface area contributed by atoms with Gasteiger partial charge in [0.2, 0.25) is 5.91 Å². The summed E-state index contributed by atoms with van der Waals surface area (Å²) in [7, 11) is 4.16. The first-order chi connectivity index (χ1) is 6.61. The van der Waals surface area contributed by atoms with Crippen molar-refractivity contribution in [3.63, 3.8) is 0 Å². The molecule has 0 saturated heterocycles. The molecule has 14 heavy (non-hydrogen) atoms. The molecule has 0 radical (unpaired) electrons. The Morgan fingerprint density at radius 1 is 1.50 bits per heavy atom. The average molecular weight is 198 g/mol. The van der Waals surface area contributed by atoms with Crippen LogP contribution in [-0.4, -0.2) is 37.5 Å². The summed E-state index contributed by atoms with van der Waals surface area (Å²) in [6.07, 6.45) is 4.67. The predicted molar refractivity (Wildman–Crippen MR) is 60.2 cm³/mol. The molecular weight excluding hydrogens is 176 g/mol. The Hall–Kier alpha value is -0.830. The van der Waals surface area contributed by atoms with E-state index in [1.807, 2.05) is 0 Å². The summed E-state index contributed by atoms with van der Waals surface area (Å²) in [5.74, 6) is -0.0843. The maximum absolute atomic E-state index is 10.9. The number of nitrogens with one attached hydrogen (secondary N) is 1. The van der Waals surface area contributed by atoms with Gasteiger partial charge in [0, 0.05) is 12.6 Å². The van der Waals surface area contributed by atoms with Crippen LogP contribution in [0.2, 0.25) is 0 Å². The molecule has 0 fully saturated rings. The maximum Gasteiger partial charge on any atom is 0.243 e. The number of amides is 1. The number of hydrogen-bond donors (Lipinski definition) is 1. The lowest BCUT2D eigenvalue weighted by atomic mass is 10.1. The van der Waals surface area contributed by atoms with Crippen molar-refractivity contribution >= 4 is 5.91 Å². The van der Waals surface area contributed by atoms with E-state index in [2.05, 4.69) is 37.8 Å². The van der Waals surface area contributed by atoms with E-state index in [9.17, 15) is 4.79 Å². The molecule has 0 aromatic heterocycles. The Kier molecular flexibility index (Phi) is 7.11. The normalized spacial score (nSPS) is 12.6. The van der Waals surface area contributed by atoms with Crippen molar-refractivity contribution in [2.45, 2.75) is 32.2 Å². The van der Waals surface area contributed by atoms with Crippen molar-refractivity contribution in [2.75, 3.05) is 20.6 Å². The molecule has 0 aliphatic rings. The van der Waals surface area contributed by atoms with Crippen molar-refractivity contribution < 1.29 is 4.79 Å². The molecule has 0 aromatic rings. The highest BCUT2D eigenvalue weighted by molar-refractivity contribution is 5.86. The van der Waals surface area contributed by atoms with E-state index in [0.29, 0.717) is 6.04 Å². The first kappa shape index (κ1) is 13.2. The smallest absolute Gasteiger partial charge is 0.243 e. The van der Waals surface area contributed by atoms with Crippen LogP contribution in [0.15, 0.2) is 12.7 Å². The molecule has 3 heteroatoms. The summed E-state index contributed by atoms with van der Waals surface area (Å²) in [6, 6.07) is 0.560. The van der Waals surface area contributed by atoms with Gasteiger partial charge >= 0.3 is 0 Å². The Morgan fingerprint density at radius 2 is 2.14 bits per heavy atom. The van der Waals surface area contributed by atoms with Crippen LogP contribution in [0, 0.1) is 0 Å². The molecule has 1 unspecified atom stereocenters. The van der Waals surface area contributed by atoms with Gasteiger partial charge in [-0.15, -0.1) is 0 Å². The largest absolute Gasteiger partial charge is 0.353 e. The van der Waals surface area contributed by atoms with Crippen LogP contribution in [0.1, 0.15) is 26.2 Å². The van der Waals surface area contributed by atoms with Crippen LogP contribution < -0.4 is 5.32 Å². The molecule has 1 amide bonds. The molecule has 0 aromatic carbocycles. The highest BCUT2D eigenvalue weighted by Gasteiger charge is 2.09. The van der Waals surface area contributed by atoms with Gasteiger partial charge in [-0.1, -0.05) is 19.9 Å². The number of carbonyl (C=O) groups is 1. The molecule has 0 rings (SSSR count). The van der Waals surface area contributed by atoms with Gasteiger partial charge in [0.25, 0.3) is 0 Å². The highest BCUT2D eigenvalue weighted by Crippen LogP contribution is 2.06. The molecule has 1 N–H and O–H groups in total. The Bertz CT molecular complexity index is 178. The lowest BCUT2D eigenvalue weighted by Gasteiger charge is -2.23. The van der Waals surface area contributed by atoms with Crippen LogP contribution in [0.5, 0.6) is 0 Å². The minimum absolute atomic E-state index is 0.0843. The summed E-state index contributed by atoms with van der Waals surface area (Å²) >= 11 is 0. The minimum Gasteiger partial charge on any atom is -0.353 e. The van der Waals surface area contributed by atoms with Gasteiger partial charge in [-0.2, -0.15) is 0 Å². The summed E-state index contributed by atoms with van der Waals surface area (Å²) < 4.78 is 0. The van der Waals surface area contributed by atoms with Crippen molar-refractivity contribution in [1.29, 1.82) is 0 Å². The lowest BCUT2D eigenvalue weighted by Crippen LogP contribution is -2.33. The van der Waals surface area contributed by atoms with Crippen molar-refractivity contribution in [2.24, 2.45) is 0 Å². The summed E-state index contributed by atoms with van der Waals surface area (Å²) in [5, 5.41) is 2.79. The minimum atomic E-state index is -0.0843. The molecule has 0 bridgehead atoms. The number of rotatable bonds is 7. The molecule has 82 valence electrons. The van der Waals surface area contributed by atoms with Gasteiger partial charge in [-0.05, 0) is 33.0 Å². The molecule has 0 heterocycles. The van der Waals surface area contributed by atoms with E-state index in [4.69, 9.17) is 0 Å². The van der Waals surface area contributed by atoms with Gasteiger partial charge in [-0.25, -0.2) is 0 Å². The molecule has 0 spiro atoms. The SMILES string of the molecule is C=CC(=O)NCCC(CCC)N(C)C. The van der Waals surface area contributed by atoms with E-state index < -0.39 is 0 Å². The topological polar surface area (TPSA) is 32.3 Å². The summed E-state index contributed by atoms with van der Waals surface area (Å²) in [4.78, 5) is 13.1. The quantitative estimate of drug-likeness (QED) is 0.627. The highest BCUT2D eigenvalue weighted by atomic mass is 16.1. The fraction of sp³-hybridized carbons (Fsp3) is 0.727. The van der Waals surface area contributed by atoms with E-state index in [-0.39, 0.29) is 5.91 Å². The Balaban J connectivity index is 3.70. The third kappa shape index (κ3) is 5.75.